The second kappa shape index (κ2) is 9.27. The Balaban J connectivity index is 1.25. The molecule has 0 spiro atoms. The Morgan fingerprint density at radius 3 is 2.46 bits per heavy atom. The Hall–Kier alpha value is -3.56. The van der Waals surface area contributed by atoms with Crippen LogP contribution in [0.2, 0.25) is 0 Å². The molecule has 2 aliphatic heterocycles. The minimum absolute atomic E-state index is 0.0174. The highest BCUT2D eigenvalue weighted by molar-refractivity contribution is 5.90. The van der Waals surface area contributed by atoms with Gasteiger partial charge < -0.3 is 29.4 Å². The molecule has 0 aromatic heterocycles. The molecule has 1 saturated carbocycles. The molecule has 2 N–H and O–H groups in total. The number of carboxylic acid groups (broad SMARTS) is 1. The predicted octanol–water partition coefficient (Wildman–Crippen LogP) is 5.12. The third-order valence-corrected chi connectivity index (χ3v) is 8.91. The van der Waals surface area contributed by atoms with Crippen molar-refractivity contribution in [2.24, 2.45) is 11.8 Å². The zero-order valence-electron chi connectivity index (χ0n) is 21.8. The van der Waals surface area contributed by atoms with Crippen LogP contribution in [0.15, 0.2) is 30.3 Å². The van der Waals surface area contributed by atoms with E-state index in [-0.39, 0.29) is 41.4 Å². The van der Waals surface area contributed by atoms with E-state index in [1.54, 1.807) is 13.2 Å². The molecular formula is C29H31F2NO7. The summed E-state index contributed by atoms with van der Waals surface area (Å²) in [4.78, 5) is 25.3. The first-order valence-corrected chi connectivity index (χ1v) is 13.4. The van der Waals surface area contributed by atoms with Crippen molar-refractivity contribution in [1.82, 2.24) is 5.32 Å². The number of fused-ring (bicyclic) bond motifs is 3. The van der Waals surface area contributed by atoms with Crippen LogP contribution in [-0.4, -0.2) is 36.5 Å². The van der Waals surface area contributed by atoms with Gasteiger partial charge in [0.25, 0.3) is 0 Å². The van der Waals surface area contributed by atoms with Crippen molar-refractivity contribution in [3.05, 3.63) is 47.0 Å². The third-order valence-electron chi connectivity index (χ3n) is 8.91. The van der Waals surface area contributed by atoms with E-state index in [2.05, 4.69) is 14.8 Å². The van der Waals surface area contributed by atoms with Gasteiger partial charge in [0.2, 0.25) is 5.91 Å². The molecule has 2 aromatic carbocycles. The van der Waals surface area contributed by atoms with Gasteiger partial charge >= 0.3 is 12.3 Å². The highest BCUT2D eigenvalue weighted by Gasteiger charge is 2.48. The average Bonchev–Trinajstić information content (AvgIpc) is 3.41. The normalized spacial score (nSPS) is 30.1. The van der Waals surface area contributed by atoms with Crippen molar-refractivity contribution in [2.75, 3.05) is 7.11 Å². The van der Waals surface area contributed by atoms with Gasteiger partial charge in [0.1, 0.15) is 17.6 Å². The maximum atomic E-state index is 13.9. The molecule has 10 heteroatoms. The third kappa shape index (κ3) is 4.53. The number of hydrogen-bond donors (Lipinski definition) is 2. The number of amides is 1. The SMILES string of the molecule is COc1ccc2c(c1)O[C@@H]([C@H]1CC[C@@H](C(=O)O)CC1)C[C@H]2NC(=O)[C@@]1(C)CCc2cc3c(cc21)OC(F)(F)O3. The summed E-state index contributed by atoms with van der Waals surface area (Å²) in [7, 11) is 1.58. The van der Waals surface area contributed by atoms with Gasteiger partial charge in [0, 0.05) is 18.1 Å². The lowest BCUT2D eigenvalue weighted by molar-refractivity contribution is -0.286. The fourth-order valence-electron chi connectivity index (χ4n) is 6.60. The first kappa shape index (κ1) is 25.7. The number of carboxylic acids is 1. The Bertz CT molecular complexity index is 1320. The van der Waals surface area contributed by atoms with E-state index in [1.165, 1.54) is 6.07 Å². The highest BCUT2D eigenvalue weighted by Crippen LogP contribution is 2.49. The topological polar surface area (TPSA) is 103 Å². The van der Waals surface area contributed by atoms with Crippen molar-refractivity contribution in [3.8, 4) is 23.0 Å². The fourth-order valence-corrected chi connectivity index (χ4v) is 6.60. The van der Waals surface area contributed by atoms with Gasteiger partial charge in [0.15, 0.2) is 11.5 Å². The Morgan fingerprint density at radius 2 is 1.77 bits per heavy atom. The summed E-state index contributed by atoms with van der Waals surface area (Å²) < 4.78 is 48.4. The van der Waals surface area contributed by atoms with E-state index < -0.39 is 17.7 Å². The molecule has 0 radical (unpaired) electrons. The van der Waals surface area contributed by atoms with Crippen LogP contribution in [0.25, 0.3) is 0 Å². The van der Waals surface area contributed by atoms with E-state index in [9.17, 15) is 23.5 Å². The quantitative estimate of drug-likeness (QED) is 0.540. The van der Waals surface area contributed by atoms with E-state index in [0.717, 1.165) is 24.0 Å². The first-order chi connectivity index (χ1) is 18.6. The second-order valence-electron chi connectivity index (χ2n) is 11.2. The zero-order valence-corrected chi connectivity index (χ0v) is 21.8. The van der Waals surface area contributed by atoms with Gasteiger partial charge in [0.05, 0.1) is 24.5 Å². The summed E-state index contributed by atoms with van der Waals surface area (Å²) in [5, 5.41) is 12.6. The molecule has 8 nitrogen and oxygen atoms in total. The fraction of sp³-hybridized carbons (Fsp3) is 0.517. The van der Waals surface area contributed by atoms with Gasteiger partial charge in [-0.2, -0.15) is 0 Å². The lowest BCUT2D eigenvalue weighted by atomic mass is 9.76. The van der Waals surface area contributed by atoms with Crippen molar-refractivity contribution in [3.63, 3.8) is 0 Å². The van der Waals surface area contributed by atoms with Crippen LogP contribution in [0.1, 0.15) is 68.2 Å². The van der Waals surface area contributed by atoms with Gasteiger partial charge in [-0.05, 0) is 86.8 Å². The van der Waals surface area contributed by atoms with Gasteiger partial charge in [-0.15, -0.1) is 8.78 Å². The number of aryl methyl sites for hydroxylation is 1. The van der Waals surface area contributed by atoms with E-state index in [0.29, 0.717) is 49.2 Å². The summed E-state index contributed by atoms with van der Waals surface area (Å²) >= 11 is 0. The molecule has 2 heterocycles. The molecular weight excluding hydrogens is 512 g/mol. The molecule has 2 aromatic rings. The molecule has 1 amide bonds. The van der Waals surface area contributed by atoms with E-state index in [4.69, 9.17) is 9.47 Å². The summed E-state index contributed by atoms with van der Waals surface area (Å²) in [6, 6.07) is 8.24. The highest BCUT2D eigenvalue weighted by atomic mass is 19.3. The smallest absolute Gasteiger partial charge is 0.497 e. The maximum Gasteiger partial charge on any atom is 0.586 e. The summed E-state index contributed by atoms with van der Waals surface area (Å²) in [6.07, 6.45) is 0.398. The van der Waals surface area contributed by atoms with Crippen molar-refractivity contribution >= 4 is 11.9 Å². The Labute approximate surface area is 224 Å². The number of halogens is 2. The van der Waals surface area contributed by atoms with Crippen LogP contribution in [-0.2, 0) is 21.4 Å². The lowest BCUT2D eigenvalue weighted by Gasteiger charge is -2.40. The van der Waals surface area contributed by atoms with Gasteiger partial charge in [-0.1, -0.05) is 0 Å². The van der Waals surface area contributed by atoms with Crippen LogP contribution in [0.5, 0.6) is 23.0 Å². The van der Waals surface area contributed by atoms with E-state index >= 15 is 0 Å². The number of ether oxygens (including phenoxy) is 4. The number of benzene rings is 2. The molecule has 0 bridgehead atoms. The summed E-state index contributed by atoms with van der Waals surface area (Å²) in [5.74, 6) is 0.0757. The molecule has 3 atom stereocenters. The molecule has 208 valence electrons. The number of aliphatic carboxylic acids is 1. The van der Waals surface area contributed by atoms with Gasteiger partial charge in [-0.25, -0.2) is 0 Å². The summed E-state index contributed by atoms with van der Waals surface area (Å²) in [5.41, 5.74) is 1.35. The monoisotopic (exact) mass is 543 g/mol. The molecule has 0 unspecified atom stereocenters. The number of alkyl halides is 2. The predicted molar refractivity (Wildman–Crippen MR) is 134 cm³/mol. The van der Waals surface area contributed by atoms with Crippen LogP contribution < -0.4 is 24.3 Å². The van der Waals surface area contributed by atoms with Crippen LogP contribution in [0, 0.1) is 11.8 Å². The molecule has 2 aliphatic carbocycles. The Kier molecular flexibility index (Phi) is 6.11. The molecule has 1 fully saturated rings. The van der Waals surface area contributed by atoms with Crippen LogP contribution in [0.4, 0.5) is 8.78 Å². The first-order valence-electron chi connectivity index (χ1n) is 13.4. The van der Waals surface area contributed by atoms with Crippen molar-refractivity contribution < 1.29 is 42.4 Å². The van der Waals surface area contributed by atoms with E-state index in [1.807, 2.05) is 25.1 Å². The Morgan fingerprint density at radius 1 is 1.05 bits per heavy atom. The maximum absolute atomic E-state index is 13.9. The van der Waals surface area contributed by atoms with Gasteiger partial charge in [-0.3, -0.25) is 9.59 Å². The largest absolute Gasteiger partial charge is 0.586 e. The van der Waals surface area contributed by atoms with Crippen LogP contribution >= 0.6 is 0 Å². The number of carbonyl (C=O) groups is 2. The molecule has 4 aliphatic rings. The zero-order chi connectivity index (χ0) is 27.5. The number of hydrogen-bond acceptors (Lipinski definition) is 6. The second-order valence-corrected chi connectivity index (χ2v) is 11.2. The standard InChI is InChI=1S/C29H31F2NO7/c1-28(10-9-17-11-24-25(13-20(17)28)39-29(30,31)38-24)27(35)32-21-14-22(15-3-5-16(6-4-15)26(33)34)37-23-12-18(36-2)7-8-19(21)23/h7-8,11-13,15-16,21-22H,3-6,9-10,14H2,1-2H3,(H,32,35)(H,33,34)/t15-,16+,21-,22-,28+/m1/s1. The minimum atomic E-state index is -3.72. The average molecular weight is 544 g/mol. The lowest BCUT2D eigenvalue weighted by Crippen LogP contribution is -2.46. The number of rotatable bonds is 5. The van der Waals surface area contributed by atoms with Crippen molar-refractivity contribution in [1.29, 1.82) is 0 Å². The number of methoxy groups -OCH3 is 1. The molecule has 6 rings (SSSR count). The van der Waals surface area contributed by atoms with Crippen LogP contribution in [0.3, 0.4) is 0 Å². The molecule has 39 heavy (non-hydrogen) atoms. The number of carbonyl (C=O) groups excluding carboxylic acids is 1. The minimum Gasteiger partial charge on any atom is -0.497 e. The summed E-state index contributed by atoms with van der Waals surface area (Å²) in [6.45, 7) is 1.83. The van der Waals surface area contributed by atoms with Crippen molar-refractivity contribution in [2.45, 2.75) is 75.7 Å². The number of nitrogens with one attached hydrogen (secondary N) is 1. The molecule has 0 saturated heterocycles.